The van der Waals surface area contributed by atoms with Gasteiger partial charge in [0.25, 0.3) is 0 Å². The van der Waals surface area contributed by atoms with Crippen molar-refractivity contribution in [1.82, 2.24) is 4.31 Å². The summed E-state index contributed by atoms with van der Waals surface area (Å²) in [7, 11) is -2.27. The Morgan fingerprint density at radius 3 is 2.60 bits per heavy atom. The van der Waals surface area contributed by atoms with Gasteiger partial charge in [0.05, 0.1) is 14.9 Å². The molecule has 2 rings (SSSR count). The maximum Gasteiger partial charge on any atom is 0.243 e. The standard InChI is InChI=1S/C12H12ClFN2O2S2/c1-16(7-8-2-5-12(13)19-8)20(17,18)9-3-4-10(14)11(15)6-9/h2-6H,7,15H2,1H3. The quantitative estimate of drug-likeness (QED) is 0.874. The van der Waals surface area contributed by atoms with Gasteiger partial charge in [0, 0.05) is 18.5 Å². The summed E-state index contributed by atoms with van der Waals surface area (Å²) in [5.41, 5.74) is 5.20. The lowest BCUT2D eigenvalue weighted by Crippen LogP contribution is -2.26. The van der Waals surface area contributed by atoms with Crippen molar-refractivity contribution in [3.63, 3.8) is 0 Å². The maximum absolute atomic E-state index is 13.1. The molecule has 1 aromatic heterocycles. The highest BCUT2D eigenvalue weighted by Gasteiger charge is 2.22. The van der Waals surface area contributed by atoms with Crippen LogP contribution in [0.3, 0.4) is 0 Å². The molecular formula is C12H12ClFN2O2S2. The predicted molar refractivity (Wildman–Crippen MR) is 78.8 cm³/mol. The molecule has 0 radical (unpaired) electrons. The maximum atomic E-state index is 13.1. The first-order chi connectivity index (χ1) is 9.30. The van der Waals surface area contributed by atoms with E-state index in [1.807, 2.05) is 0 Å². The van der Waals surface area contributed by atoms with Gasteiger partial charge in [0.2, 0.25) is 10.0 Å². The molecule has 8 heteroatoms. The van der Waals surface area contributed by atoms with E-state index >= 15 is 0 Å². The number of halogens is 2. The van der Waals surface area contributed by atoms with E-state index in [1.165, 1.54) is 28.8 Å². The number of thiophene rings is 1. The van der Waals surface area contributed by atoms with Crippen LogP contribution in [0, 0.1) is 5.82 Å². The second kappa shape index (κ2) is 5.69. The Balaban J connectivity index is 2.27. The highest BCUT2D eigenvalue weighted by Crippen LogP contribution is 2.25. The molecular weight excluding hydrogens is 323 g/mol. The van der Waals surface area contributed by atoms with Crippen LogP contribution in [0.4, 0.5) is 10.1 Å². The van der Waals surface area contributed by atoms with Gasteiger partial charge >= 0.3 is 0 Å². The molecule has 0 unspecified atom stereocenters. The fraction of sp³-hybridized carbons (Fsp3) is 0.167. The van der Waals surface area contributed by atoms with E-state index in [9.17, 15) is 12.8 Å². The molecule has 0 bridgehead atoms. The first-order valence-electron chi connectivity index (χ1n) is 5.56. The third-order valence-corrected chi connectivity index (χ3v) is 5.70. The fourth-order valence-electron chi connectivity index (χ4n) is 1.60. The number of hydrogen-bond acceptors (Lipinski definition) is 4. The second-order valence-corrected chi connectivity index (χ2v) is 7.99. The van der Waals surface area contributed by atoms with E-state index in [0.29, 0.717) is 4.34 Å². The molecule has 0 aliphatic rings. The van der Waals surface area contributed by atoms with Crippen molar-refractivity contribution >= 4 is 38.6 Å². The lowest BCUT2D eigenvalue weighted by Gasteiger charge is -2.16. The van der Waals surface area contributed by atoms with Crippen molar-refractivity contribution in [2.24, 2.45) is 0 Å². The third-order valence-electron chi connectivity index (χ3n) is 2.68. The molecule has 2 N–H and O–H groups in total. The molecule has 0 amide bonds. The first kappa shape index (κ1) is 15.2. The van der Waals surface area contributed by atoms with Gasteiger partial charge in [-0.25, -0.2) is 12.8 Å². The van der Waals surface area contributed by atoms with E-state index < -0.39 is 15.8 Å². The summed E-state index contributed by atoms with van der Waals surface area (Å²) in [6.07, 6.45) is 0. The zero-order valence-electron chi connectivity index (χ0n) is 10.5. The minimum Gasteiger partial charge on any atom is -0.396 e. The first-order valence-corrected chi connectivity index (χ1v) is 8.20. The number of nitrogens with zero attached hydrogens (tertiary/aromatic N) is 1. The largest absolute Gasteiger partial charge is 0.396 e. The summed E-state index contributed by atoms with van der Waals surface area (Å²) in [6.45, 7) is 0.191. The third kappa shape index (κ3) is 3.12. The molecule has 0 aliphatic heterocycles. The Morgan fingerprint density at radius 1 is 1.35 bits per heavy atom. The minimum atomic E-state index is -3.72. The van der Waals surface area contributed by atoms with E-state index in [-0.39, 0.29) is 17.1 Å². The highest BCUT2D eigenvalue weighted by molar-refractivity contribution is 7.89. The van der Waals surface area contributed by atoms with Crippen molar-refractivity contribution < 1.29 is 12.8 Å². The van der Waals surface area contributed by atoms with Crippen LogP contribution in [0.25, 0.3) is 0 Å². The van der Waals surface area contributed by atoms with Crippen molar-refractivity contribution in [3.05, 3.63) is 45.4 Å². The molecule has 0 atom stereocenters. The zero-order chi connectivity index (χ0) is 14.9. The smallest absolute Gasteiger partial charge is 0.243 e. The molecule has 2 aromatic rings. The van der Waals surface area contributed by atoms with Gasteiger partial charge in [-0.2, -0.15) is 4.31 Å². The monoisotopic (exact) mass is 334 g/mol. The summed E-state index contributed by atoms with van der Waals surface area (Å²) < 4.78 is 39.5. The zero-order valence-corrected chi connectivity index (χ0v) is 12.9. The fourth-order valence-corrected chi connectivity index (χ4v) is 4.01. The SMILES string of the molecule is CN(Cc1ccc(Cl)s1)S(=O)(=O)c1ccc(F)c(N)c1. The molecule has 1 heterocycles. The molecule has 108 valence electrons. The Kier molecular flexibility index (Phi) is 4.33. The van der Waals surface area contributed by atoms with Crippen LogP contribution in [-0.4, -0.2) is 19.8 Å². The van der Waals surface area contributed by atoms with E-state index in [0.717, 1.165) is 17.0 Å². The normalized spacial score (nSPS) is 12.0. The summed E-state index contributed by atoms with van der Waals surface area (Å²) in [5, 5.41) is 0. The van der Waals surface area contributed by atoms with Gasteiger partial charge in [-0.05, 0) is 30.3 Å². The number of nitrogen functional groups attached to an aromatic ring is 1. The summed E-state index contributed by atoms with van der Waals surface area (Å²) >= 11 is 7.11. The Hall–Kier alpha value is -1.15. The van der Waals surface area contributed by atoms with Crippen molar-refractivity contribution in [3.8, 4) is 0 Å². The predicted octanol–water partition coefficient (Wildman–Crippen LogP) is 2.94. The van der Waals surface area contributed by atoms with Crippen LogP contribution in [0.15, 0.2) is 35.2 Å². The average Bonchev–Trinajstić information content (AvgIpc) is 2.78. The molecule has 20 heavy (non-hydrogen) atoms. The van der Waals surface area contributed by atoms with Crippen molar-refractivity contribution in [2.75, 3.05) is 12.8 Å². The van der Waals surface area contributed by atoms with E-state index in [1.54, 1.807) is 12.1 Å². The van der Waals surface area contributed by atoms with E-state index in [4.69, 9.17) is 17.3 Å². The molecule has 0 saturated heterocycles. The number of rotatable bonds is 4. The lowest BCUT2D eigenvalue weighted by atomic mass is 10.3. The number of hydrogen-bond donors (Lipinski definition) is 1. The van der Waals surface area contributed by atoms with Crippen LogP contribution in [0.2, 0.25) is 4.34 Å². The number of nitrogens with two attached hydrogens (primary N) is 1. The van der Waals surface area contributed by atoms with Gasteiger partial charge < -0.3 is 5.73 Å². The Labute approximate surface area is 125 Å². The van der Waals surface area contributed by atoms with Gasteiger partial charge in [-0.3, -0.25) is 0 Å². The van der Waals surface area contributed by atoms with Gasteiger partial charge in [0.15, 0.2) is 0 Å². The van der Waals surface area contributed by atoms with E-state index in [2.05, 4.69) is 0 Å². The lowest BCUT2D eigenvalue weighted by molar-refractivity contribution is 0.469. The number of sulfonamides is 1. The second-order valence-electron chi connectivity index (χ2n) is 4.15. The number of anilines is 1. The molecule has 0 spiro atoms. The van der Waals surface area contributed by atoms with Crippen LogP contribution in [-0.2, 0) is 16.6 Å². The molecule has 0 aliphatic carbocycles. The van der Waals surface area contributed by atoms with Gasteiger partial charge in [-0.15, -0.1) is 11.3 Å². The van der Waals surface area contributed by atoms with Crippen molar-refractivity contribution in [2.45, 2.75) is 11.4 Å². The Bertz CT molecular complexity index is 731. The summed E-state index contributed by atoms with van der Waals surface area (Å²) in [5.74, 6) is -0.642. The van der Waals surface area contributed by atoms with Crippen LogP contribution >= 0.6 is 22.9 Å². The topological polar surface area (TPSA) is 63.4 Å². The minimum absolute atomic E-state index is 0.0402. The van der Waals surface area contributed by atoms with Crippen molar-refractivity contribution in [1.29, 1.82) is 0 Å². The molecule has 4 nitrogen and oxygen atoms in total. The molecule has 0 fully saturated rings. The van der Waals surface area contributed by atoms with Gasteiger partial charge in [0.1, 0.15) is 5.82 Å². The highest BCUT2D eigenvalue weighted by atomic mass is 35.5. The van der Waals surface area contributed by atoms with Gasteiger partial charge in [-0.1, -0.05) is 11.6 Å². The molecule has 1 aromatic carbocycles. The average molecular weight is 335 g/mol. The summed E-state index contributed by atoms with van der Waals surface area (Å²) in [6, 6.07) is 6.81. The van der Waals surface area contributed by atoms with Crippen LogP contribution < -0.4 is 5.73 Å². The molecule has 0 saturated carbocycles. The van der Waals surface area contributed by atoms with Crippen LogP contribution in [0.5, 0.6) is 0 Å². The van der Waals surface area contributed by atoms with Crippen LogP contribution in [0.1, 0.15) is 4.88 Å². The summed E-state index contributed by atoms with van der Waals surface area (Å²) in [4.78, 5) is 0.776. The Morgan fingerprint density at radius 2 is 2.05 bits per heavy atom. The number of benzene rings is 1.